The summed E-state index contributed by atoms with van der Waals surface area (Å²) in [5, 5.41) is 3.78. The molecule has 0 atom stereocenters. The van der Waals surface area contributed by atoms with Crippen LogP contribution in [-0.2, 0) is 0 Å². The van der Waals surface area contributed by atoms with Crippen LogP contribution in [0.3, 0.4) is 0 Å². The predicted octanol–water partition coefficient (Wildman–Crippen LogP) is 3.12. The van der Waals surface area contributed by atoms with E-state index in [2.05, 4.69) is 10.1 Å². The molecular weight excluding hydrogens is 245 g/mol. The van der Waals surface area contributed by atoms with E-state index in [4.69, 9.17) is 10.3 Å². The fourth-order valence-electron chi connectivity index (χ4n) is 1.90. The van der Waals surface area contributed by atoms with Gasteiger partial charge in [-0.2, -0.15) is 0 Å². The fraction of sp³-hybridized carbons (Fsp3) is 0. The summed E-state index contributed by atoms with van der Waals surface area (Å²) in [7, 11) is 0. The molecule has 4 nitrogen and oxygen atoms in total. The molecule has 0 saturated carbocycles. The molecule has 0 aliphatic rings. The Morgan fingerprint density at radius 1 is 0.947 bits per heavy atom. The van der Waals surface area contributed by atoms with Crippen molar-refractivity contribution in [2.45, 2.75) is 0 Å². The Kier molecular flexibility index (Phi) is 2.72. The summed E-state index contributed by atoms with van der Waals surface area (Å²) in [6.07, 6.45) is 3.33. The molecule has 0 aliphatic heterocycles. The summed E-state index contributed by atoms with van der Waals surface area (Å²) in [6.45, 7) is 0. The highest BCUT2D eigenvalue weighted by Gasteiger charge is 2.17. The molecule has 0 fully saturated rings. The van der Waals surface area contributed by atoms with Gasteiger partial charge in [0.2, 0.25) is 0 Å². The molecule has 0 radical (unpaired) electrons. The van der Waals surface area contributed by atoms with Crippen molar-refractivity contribution in [2.75, 3.05) is 5.73 Å². The maximum Gasteiger partial charge on any atom is 0.176 e. The average molecular weight is 255 g/mol. The van der Waals surface area contributed by atoms with Crippen LogP contribution in [0.25, 0.3) is 22.5 Å². The number of nitrogen functional groups attached to an aromatic ring is 1. The second kappa shape index (κ2) is 4.53. The van der Waals surface area contributed by atoms with Gasteiger partial charge in [-0.05, 0) is 42.0 Å². The van der Waals surface area contributed by atoms with Crippen LogP contribution >= 0.6 is 0 Å². The summed E-state index contributed by atoms with van der Waals surface area (Å²) < 4.78 is 18.2. The summed E-state index contributed by atoms with van der Waals surface area (Å²) in [5.41, 5.74) is 8.10. The molecule has 0 amide bonds. The third-order valence-corrected chi connectivity index (χ3v) is 2.79. The van der Waals surface area contributed by atoms with Crippen molar-refractivity contribution in [2.24, 2.45) is 0 Å². The molecule has 2 aromatic heterocycles. The van der Waals surface area contributed by atoms with Crippen LogP contribution in [0.1, 0.15) is 0 Å². The van der Waals surface area contributed by atoms with Crippen molar-refractivity contribution in [3.63, 3.8) is 0 Å². The smallest absolute Gasteiger partial charge is 0.176 e. The van der Waals surface area contributed by atoms with E-state index in [0.717, 1.165) is 11.1 Å². The van der Waals surface area contributed by atoms with E-state index in [0.29, 0.717) is 17.1 Å². The minimum atomic E-state index is -0.304. The normalized spacial score (nSPS) is 10.6. The van der Waals surface area contributed by atoms with Crippen LogP contribution < -0.4 is 5.73 Å². The third kappa shape index (κ3) is 2.06. The molecule has 2 heterocycles. The number of hydrogen-bond donors (Lipinski definition) is 1. The minimum absolute atomic E-state index is 0.297. The maximum absolute atomic E-state index is 13.0. The van der Waals surface area contributed by atoms with Gasteiger partial charge < -0.3 is 10.3 Å². The standard InChI is InChI=1S/C14H10FN3O/c15-11-3-1-10(2-4-11)13-12(14(16)18-19-13)9-5-7-17-8-6-9/h1-8H,(H2,16,18). The minimum Gasteiger partial charge on any atom is -0.380 e. The second-order valence-electron chi connectivity index (χ2n) is 4.01. The number of anilines is 1. The number of benzene rings is 1. The first-order chi connectivity index (χ1) is 9.25. The van der Waals surface area contributed by atoms with Crippen molar-refractivity contribution in [1.82, 2.24) is 10.1 Å². The first kappa shape index (κ1) is 11.4. The molecule has 94 valence electrons. The SMILES string of the molecule is Nc1noc(-c2ccc(F)cc2)c1-c1ccncc1. The molecule has 0 spiro atoms. The van der Waals surface area contributed by atoms with Gasteiger partial charge in [0.05, 0.1) is 5.56 Å². The monoisotopic (exact) mass is 255 g/mol. The third-order valence-electron chi connectivity index (χ3n) is 2.79. The molecule has 0 aliphatic carbocycles. The molecule has 3 rings (SSSR count). The van der Waals surface area contributed by atoms with Crippen LogP contribution in [0.4, 0.5) is 10.2 Å². The molecule has 5 heteroatoms. The van der Waals surface area contributed by atoms with Gasteiger partial charge in [0.15, 0.2) is 11.6 Å². The number of pyridine rings is 1. The van der Waals surface area contributed by atoms with E-state index in [1.54, 1.807) is 24.5 Å². The zero-order chi connectivity index (χ0) is 13.2. The highest BCUT2D eigenvalue weighted by atomic mass is 19.1. The zero-order valence-electron chi connectivity index (χ0n) is 9.88. The van der Waals surface area contributed by atoms with E-state index in [9.17, 15) is 4.39 Å². The molecule has 19 heavy (non-hydrogen) atoms. The Hall–Kier alpha value is -2.69. The Balaban J connectivity index is 2.16. The largest absolute Gasteiger partial charge is 0.380 e. The van der Waals surface area contributed by atoms with Crippen LogP contribution in [0.2, 0.25) is 0 Å². The molecule has 0 unspecified atom stereocenters. The van der Waals surface area contributed by atoms with Gasteiger partial charge in [-0.1, -0.05) is 5.16 Å². The Bertz CT molecular complexity index is 692. The lowest BCUT2D eigenvalue weighted by Crippen LogP contribution is -1.89. The lowest BCUT2D eigenvalue weighted by Gasteiger charge is -2.02. The molecule has 3 aromatic rings. The first-order valence-electron chi connectivity index (χ1n) is 5.67. The number of nitrogens with two attached hydrogens (primary N) is 1. The summed E-state index contributed by atoms with van der Waals surface area (Å²) in [5.74, 6) is 0.510. The lowest BCUT2D eigenvalue weighted by molar-refractivity contribution is 0.436. The maximum atomic E-state index is 13.0. The van der Waals surface area contributed by atoms with E-state index < -0.39 is 0 Å². The topological polar surface area (TPSA) is 64.9 Å². The van der Waals surface area contributed by atoms with Crippen LogP contribution in [0.15, 0.2) is 53.3 Å². The molecule has 0 bridgehead atoms. The van der Waals surface area contributed by atoms with E-state index >= 15 is 0 Å². The number of hydrogen-bond acceptors (Lipinski definition) is 4. The highest BCUT2D eigenvalue weighted by molar-refractivity contribution is 5.86. The van der Waals surface area contributed by atoms with Crippen molar-refractivity contribution in [3.05, 3.63) is 54.6 Å². The van der Waals surface area contributed by atoms with Gasteiger partial charge in [0, 0.05) is 18.0 Å². The fourth-order valence-corrected chi connectivity index (χ4v) is 1.90. The number of aromatic nitrogens is 2. The van der Waals surface area contributed by atoms with Crippen LogP contribution in [0.5, 0.6) is 0 Å². The van der Waals surface area contributed by atoms with Crippen LogP contribution in [0, 0.1) is 5.82 Å². The van der Waals surface area contributed by atoms with E-state index in [1.807, 2.05) is 12.1 Å². The van der Waals surface area contributed by atoms with Gasteiger partial charge in [-0.25, -0.2) is 4.39 Å². The summed E-state index contributed by atoms with van der Waals surface area (Å²) in [6, 6.07) is 9.61. The van der Waals surface area contributed by atoms with Crippen LogP contribution in [-0.4, -0.2) is 10.1 Å². The van der Waals surface area contributed by atoms with E-state index in [-0.39, 0.29) is 5.82 Å². The molecule has 2 N–H and O–H groups in total. The quantitative estimate of drug-likeness (QED) is 0.764. The van der Waals surface area contributed by atoms with Crippen molar-refractivity contribution in [1.29, 1.82) is 0 Å². The summed E-state index contributed by atoms with van der Waals surface area (Å²) in [4.78, 5) is 3.96. The molecule has 1 aromatic carbocycles. The summed E-state index contributed by atoms with van der Waals surface area (Å²) >= 11 is 0. The van der Waals surface area contributed by atoms with Gasteiger partial charge in [0.1, 0.15) is 5.82 Å². The highest BCUT2D eigenvalue weighted by Crippen LogP contribution is 2.36. The Labute approximate surface area is 108 Å². The van der Waals surface area contributed by atoms with Gasteiger partial charge in [-0.3, -0.25) is 4.98 Å². The number of halogens is 1. The lowest BCUT2D eigenvalue weighted by atomic mass is 10.0. The van der Waals surface area contributed by atoms with Crippen molar-refractivity contribution >= 4 is 5.82 Å². The zero-order valence-corrected chi connectivity index (χ0v) is 9.88. The predicted molar refractivity (Wildman–Crippen MR) is 69.5 cm³/mol. The number of rotatable bonds is 2. The second-order valence-corrected chi connectivity index (χ2v) is 4.01. The Morgan fingerprint density at radius 3 is 2.32 bits per heavy atom. The van der Waals surface area contributed by atoms with Gasteiger partial charge in [-0.15, -0.1) is 0 Å². The van der Waals surface area contributed by atoms with Crippen molar-refractivity contribution < 1.29 is 8.91 Å². The van der Waals surface area contributed by atoms with E-state index in [1.165, 1.54) is 12.1 Å². The van der Waals surface area contributed by atoms with Gasteiger partial charge in [0.25, 0.3) is 0 Å². The Morgan fingerprint density at radius 2 is 1.63 bits per heavy atom. The average Bonchev–Trinajstić information content (AvgIpc) is 2.82. The molecular formula is C14H10FN3O. The van der Waals surface area contributed by atoms with Gasteiger partial charge >= 0.3 is 0 Å². The van der Waals surface area contributed by atoms with Crippen molar-refractivity contribution in [3.8, 4) is 22.5 Å². The number of nitrogens with zero attached hydrogens (tertiary/aromatic N) is 2. The molecule has 0 saturated heterocycles. The first-order valence-corrected chi connectivity index (χ1v) is 5.67.